The van der Waals surface area contributed by atoms with Crippen LogP contribution >= 0.6 is 0 Å². The molecule has 6 heteroatoms. The predicted octanol–water partition coefficient (Wildman–Crippen LogP) is 23.2. The quantitative estimate of drug-likeness (QED) is 0.0261. The average Bonchev–Trinajstić information content (AvgIpc) is 3.41. The van der Waals surface area contributed by atoms with Gasteiger partial charge in [-0.15, -0.1) is 0 Å². The summed E-state index contributed by atoms with van der Waals surface area (Å²) in [6, 6.07) is 0. The third-order valence-corrected chi connectivity index (χ3v) is 15.8. The number of carbonyl (C=O) groups is 3. The number of unbranched alkanes of at least 4 members (excludes halogenated alkanes) is 51. The molecule has 0 rings (SSSR count). The third-order valence-electron chi connectivity index (χ3n) is 15.8. The molecular formula is C69H132O6. The normalized spacial score (nSPS) is 12.0. The molecule has 0 amide bonds. The van der Waals surface area contributed by atoms with Crippen molar-refractivity contribution in [2.24, 2.45) is 0 Å². The molecule has 1 atom stereocenters. The first-order valence-corrected chi connectivity index (χ1v) is 34.2. The second kappa shape index (κ2) is 64.7. The van der Waals surface area contributed by atoms with Crippen LogP contribution in [0.25, 0.3) is 0 Å². The summed E-state index contributed by atoms with van der Waals surface area (Å²) in [5.41, 5.74) is 0. The van der Waals surface area contributed by atoms with E-state index in [1.54, 1.807) is 0 Å². The van der Waals surface area contributed by atoms with E-state index in [1.165, 1.54) is 295 Å². The lowest BCUT2D eigenvalue weighted by atomic mass is 10.0. The molecule has 0 N–H and O–H groups in total. The van der Waals surface area contributed by atoms with Crippen LogP contribution < -0.4 is 0 Å². The first kappa shape index (κ1) is 73.2. The van der Waals surface area contributed by atoms with E-state index in [1.807, 2.05) is 0 Å². The summed E-state index contributed by atoms with van der Waals surface area (Å²) in [7, 11) is 0. The zero-order valence-corrected chi connectivity index (χ0v) is 51.1. The van der Waals surface area contributed by atoms with Gasteiger partial charge >= 0.3 is 17.9 Å². The molecule has 0 saturated heterocycles. The number of hydrogen-bond donors (Lipinski definition) is 0. The Balaban J connectivity index is 4.28. The highest BCUT2D eigenvalue weighted by molar-refractivity contribution is 5.71. The Kier molecular flexibility index (Phi) is 63.1. The predicted molar refractivity (Wildman–Crippen MR) is 326 cm³/mol. The number of ether oxygens (including phenoxy) is 3. The van der Waals surface area contributed by atoms with Crippen molar-refractivity contribution in [1.82, 2.24) is 0 Å². The fourth-order valence-electron chi connectivity index (χ4n) is 10.6. The summed E-state index contributed by atoms with van der Waals surface area (Å²) >= 11 is 0. The Morgan fingerprint density at radius 2 is 0.440 bits per heavy atom. The molecule has 0 heterocycles. The van der Waals surface area contributed by atoms with Gasteiger partial charge in [-0.3, -0.25) is 14.4 Å². The maximum atomic E-state index is 12.9. The number of carbonyl (C=O) groups excluding carboxylic acids is 3. The van der Waals surface area contributed by atoms with Gasteiger partial charge in [0.1, 0.15) is 13.2 Å². The molecule has 0 spiro atoms. The van der Waals surface area contributed by atoms with Crippen LogP contribution in [-0.4, -0.2) is 37.2 Å². The molecule has 0 aromatic carbocycles. The van der Waals surface area contributed by atoms with Crippen molar-refractivity contribution in [2.75, 3.05) is 13.2 Å². The molecule has 444 valence electrons. The Morgan fingerprint density at radius 3 is 0.667 bits per heavy atom. The molecule has 0 aromatic heterocycles. The van der Waals surface area contributed by atoms with E-state index in [4.69, 9.17) is 14.2 Å². The molecule has 6 nitrogen and oxygen atoms in total. The highest BCUT2D eigenvalue weighted by Gasteiger charge is 2.19. The van der Waals surface area contributed by atoms with Gasteiger partial charge in [0.2, 0.25) is 0 Å². The van der Waals surface area contributed by atoms with Gasteiger partial charge in [-0.2, -0.15) is 0 Å². The van der Waals surface area contributed by atoms with E-state index in [0.717, 1.165) is 57.8 Å². The van der Waals surface area contributed by atoms with Gasteiger partial charge in [0.25, 0.3) is 0 Å². The highest BCUT2D eigenvalue weighted by atomic mass is 16.6. The zero-order valence-electron chi connectivity index (χ0n) is 51.1. The van der Waals surface area contributed by atoms with Gasteiger partial charge in [-0.25, -0.2) is 0 Å². The monoisotopic (exact) mass is 1060 g/mol. The Morgan fingerprint density at radius 1 is 0.253 bits per heavy atom. The van der Waals surface area contributed by atoms with Gasteiger partial charge in [-0.1, -0.05) is 341 Å². The van der Waals surface area contributed by atoms with Crippen LogP contribution in [0.5, 0.6) is 0 Å². The van der Waals surface area contributed by atoms with Gasteiger partial charge in [0, 0.05) is 19.3 Å². The van der Waals surface area contributed by atoms with Crippen LogP contribution in [0.1, 0.15) is 393 Å². The Labute approximate surface area is 469 Å². The van der Waals surface area contributed by atoms with Gasteiger partial charge < -0.3 is 14.2 Å². The largest absolute Gasteiger partial charge is 0.462 e. The standard InChI is InChI=1S/C69H132O6/c1-4-7-10-13-16-19-22-25-28-31-33-34-36-38-41-44-47-50-53-56-59-62-68(71)74-65-66(64-73-67(70)61-58-55-52-49-46-43-40-37-30-27-24-21-18-15-12-9-6-3)75-69(72)63-60-57-54-51-48-45-42-39-35-32-29-26-23-20-17-14-11-8-5-2/h26,29,66H,4-25,27-28,30-65H2,1-3H3/b29-26-. The fourth-order valence-corrected chi connectivity index (χ4v) is 10.6. The molecule has 75 heavy (non-hydrogen) atoms. The molecule has 0 aromatic rings. The molecule has 0 aliphatic carbocycles. The van der Waals surface area contributed by atoms with Crippen molar-refractivity contribution < 1.29 is 28.6 Å². The lowest BCUT2D eigenvalue weighted by molar-refractivity contribution is -0.167. The van der Waals surface area contributed by atoms with Crippen LogP contribution in [0.4, 0.5) is 0 Å². The molecule has 0 aliphatic heterocycles. The van der Waals surface area contributed by atoms with E-state index in [2.05, 4.69) is 32.9 Å². The summed E-state index contributed by atoms with van der Waals surface area (Å²) in [5, 5.41) is 0. The molecule has 0 fully saturated rings. The number of allylic oxidation sites excluding steroid dienone is 2. The van der Waals surface area contributed by atoms with Crippen molar-refractivity contribution in [3.05, 3.63) is 12.2 Å². The second-order valence-corrected chi connectivity index (χ2v) is 23.5. The van der Waals surface area contributed by atoms with Gasteiger partial charge in [0.15, 0.2) is 6.10 Å². The molecule has 0 bridgehead atoms. The number of esters is 3. The van der Waals surface area contributed by atoms with Crippen LogP contribution in [0.3, 0.4) is 0 Å². The van der Waals surface area contributed by atoms with Crippen molar-refractivity contribution in [3.63, 3.8) is 0 Å². The topological polar surface area (TPSA) is 78.9 Å². The molecular weight excluding hydrogens is 925 g/mol. The second-order valence-electron chi connectivity index (χ2n) is 23.5. The summed E-state index contributed by atoms with van der Waals surface area (Å²) in [4.78, 5) is 38.4. The van der Waals surface area contributed by atoms with E-state index in [9.17, 15) is 14.4 Å². The maximum absolute atomic E-state index is 12.9. The van der Waals surface area contributed by atoms with E-state index in [-0.39, 0.29) is 31.1 Å². The molecule has 0 aliphatic rings. The highest BCUT2D eigenvalue weighted by Crippen LogP contribution is 2.19. The summed E-state index contributed by atoms with van der Waals surface area (Å²) in [5.74, 6) is -0.830. The van der Waals surface area contributed by atoms with Gasteiger partial charge in [-0.05, 0) is 44.9 Å². The first-order valence-electron chi connectivity index (χ1n) is 34.2. The Hall–Kier alpha value is -1.85. The summed E-state index contributed by atoms with van der Waals surface area (Å²) in [6.07, 6.45) is 76.5. The minimum atomic E-state index is -0.767. The molecule has 0 radical (unpaired) electrons. The number of hydrogen-bond acceptors (Lipinski definition) is 6. The van der Waals surface area contributed by atoms with E-state index < -0.39 is 6.10 Å². The van der Waals surface area contributed by atoms with Crippen molar-refractivity contribution in [3.8, 4) is 0 Å². The van der Waals surface area contributed by atoms with E-state index >= 15 is 0 Å². The van der Waals surface area contributed by atoms with Crippen molar-refractivity contribution >= 4 is 17.9 Å². The van der Waals surface area contributed by atoms with Crippen LogP contribution in [0, 0.1) is 0 Å². The lowest BCUT2D eigenvalue weighted by Gasteiger charge is -2.18. The molecule has 0 saturated carbocycles. The SMILES string of the molecule is CCCCCCCC/C=C\CCCCCCCCCCCC(=O)OC(COC(=O)CCCCCCCCCCCCCCCCCCC)COC(=O)CCCCCCCCCCCCCCCCCCCCCCC. The summed E-state index contributed by atoms with van der Waals surface area (Å²) < 4.78 is 17.0. The third kappa shape index (κ3) is 62.9. The minimum absolute atomic E-state index is 0.0638. The van der Waals surface area contributed by atoms with Crippen molar-refractivity contribution in [1.29, 1.82) is 0 Å². The molecule has 1 unspecified atom stereocenters. The fraction of sp³-hybridized carbons (Fsp3) is 0.928. The van der Waals surface area contributed by atoms with Crippen LogP contribution in [0.2, 0.25) is 0 Å². The zero-order chi connectivity index (χ0) is 54.3. The number of rotatable bonds is 64. The minimum Gasteiger partial charge on any atom is -0.462 e. The van der Waals surface area contributed by atoms with Crippen molar-refractivity contribution in [2.45, 2.75) is 399 Å². The maximum Gasteiger partial charge on any atom is 0.306 e. The Bertz CT molecular complexity index is 1170. The van der Waals surface area contributed by atoms with Crippen LogP contribution in [-0.2, 0) is 28.6 Å². The first-order chi connectivity index (χ1) is 37.0. The lowest BCUT2D eigenvalue weighted by Crippen LogP contribution is -2.30. The van der Waals surface area contributed by atoms with Gasteiger partial charge in [0.05, 0.1) is 0 Å². The average molecular weight is 1060 g/mol. The smallest absolute Gasteiger partial charge is 0.306 e. The van der Waals surface area contributed by atoms with E-state index in [0.29, 0.717) is 19.3 Å². The summed E-state index contributed by atoms with van der Waals surface area (Å²) in [6.45, 7) is 6.73. The van der Waals surface area contributed by atoms with Crippen LogP contribution in [0.15, 0.2) is 12.2 Å².